The number of likely N-dealkylation sites (tertiary alicyclic amines) is 1. The summed E-state index contributed by atoms with van der Waals surface area (Å²) in [5, 5.41) is 2.64. The van der Waals surface area contributed by atoms with Crippen molar-refractivity contribution in [2.45, 2.75) is 18.9 Å². The van der Waals surface area contributed by atoms with E-state index in [0.717, 1.165) is 19.4 Å². The van der Waals surface area contributed by atoms with E-state index >= 15 is 0 Å². The third kappa shape index (κ3) is 3.79. The maximum Gasteiger partial charge on any atom is 0.251 e. The largest absolute Gasteiger partial charge is 0.343 e. The smallest absolute Gasteiger partial charge is 0.251 e. The minimum Gasteiger partial charge on any atom is -0.343 e. The number of nitrogens with two attached hydrogens (primary N) is 1. The van der Waals surface area contributed by atoms with E-state index in [2.05, 4.69) is 5.32 Å². The van der Waals surface area contributed by atoms with Crippen LogP contribution >= 0.6 is 0 Å². The highest BCUT2D eigenvalue weighted by Gasteiger charge is 2.21. The summed E-state index contributed by atoms with van der Waals surface area (Å²) in [5.41, 5.74) is 6.39. The van der Waals surface area contributed by atoms with Gasteiger partial charge in [0.15, 0.2) is 0 Å². The van der Waals surface area contributed by atoms with Crippen molar-refractivity contribution in [3.8, 4) is 0 Å². The van der Waals surface area contributed by atoms with Crippen molar-refractivity contribution in [2.75, 3.05) is 19.6 Å². The zero-order valence-corrected chi connectivity index (χ0v) is 10.8. The molecule has 5 heteroatoms. The number of amides is 2. The number of benzene rings is 1. The lowest BCUT2D eigenvalue weighted by atomic mass is 10.1. The number of carbonyl (C=O) groups is 2. The van der Waals surface area contributed by atoms with Crippen molar-refractivity contribution in [1.82, 2.24) is 10.2 Å². The Hall–Kier alpha value is -1.88. The lowest BCUT2D eigenvalue weighted by Gasteiger charge is -2.30. The summed E-state index contributed by atoms with van der Waals surface area (Å²) in [6, 6.07) is 8.92. The molecular weight excluding hydrogens is 242 g/mol. The number of rotatable bonds is 3. The van der Waals surface area contributed by atoms with Gasteiger partial charge >= 0.3 is 0 Å². The maximum atomic E-state index is 11.9. The van der Waals surface area contributed by atoms with Crippen LogP contribution < -0.4 is 11.1 Å². The second-order valence-electron chi connectivity index (χ2n) is 4.79. The molecule has 1 aliphatic rings. The van der Waals surface area contributed by atoms with E-state index in [1.54, 1.807) is 29.2 Å². The highest BCUT2D eigenvalue weighted by atomic mass is 16.2. The van der Waals surface area contributed by atoms with Crippen LogP contribution in [0.1, 0.15) is 23.2 Å². The Morgan fingerprint density at radius 2 is 2.05 bits per heavy atom. The van der Waals surface area contributed by atoms with Crippen LogP contribution in [0.4, 0.5) is 0 Å². The molecule has 1 aromatic rings. The van der Waals surface area contributed by atoms with Gasteiger partial charge in [-0.2, -0.15) is 0 Å². The van der Waals surface area contributed by atoms with E-state index in [4.69, 9.17) is 5.73 Å². The third-order valence-corrected chi connectivity index (χ3v) is 3.25. The fourth-order valence-electron chi connectivity index (χ4n) is 2.20. The molecule has 3 N–H and O–H groups in total. The lowest BCUT2D eigenvalue weighted by molar-refractivity contribution is -0.131. The van der Waals surface area contributed by atoms with Crippen molar-refractivity contribution in [3.05, 3.63) is 35.9 Å². The first-order valence-electron chi connectivity index (χ1n) is 6.53. The van der Waals surface area contributed by atoms with Gasteiger partial charge in [-0.15, -0.1) is 0 Å². The number of nitrogens with one attached hydrogen (secondary N) is 1. The van der Waals surface area contributed by atoms with Crippen molar-refractivity contribution >= 4 is 11.8 Å². The van der Waals surface area contributed by atoms with Gasteiger partial charge in [0.2, 0.25) is 5.91 Å². The maximum absolute atomic E-state index is 11.9. The molecule has 0 saturated carbocycles. The van der Waals surface area contributed by atoms with Gasteiger partial charge in [0.25, 0.3) is 5.91 Å². The van der Waals surface area contributed by atoms with Crippen LogP contribution in [-0.2, 0) is 4.79 Å². The van der Waals surface area contributed by atoms with Gasteiger partial charge in [0.05, 0.1) is 6.54 Å². The topological polar surface area (TPSA) is 75.4 Å². The molecule has 0 aliphatic carbocycles. The fourth-order valence-corrected chi connectivity index (χ4v) is 2.20. The Kier molecular flexibility index (Phi) is 4.52. The number of carbonyl (C=O) groups excluding carboxylic acids is 2. The summed E-state index contributed by atoms with van der Waals surface area (Å²) in [6.07, 6.45) is 1.89. The molecule has 1 heterocycles. The summed E-state index contributed by atoms with van der Waals surface area (Å²) in [6.45, 7) is 1.34. The molecule has 1 aromatic carbocycles. The fraction of sp³-hybridized carbons (Fsp3) is 0.429. The first kappa shape index (κ1) is 13.5. The summed E-state index contributed by atoms with van der Waals surface area (Å²) in [4.78, 5) is 25.4. The van der Waals surface area contributed by atoms with Gasteiger partial charge in [-0.3, -0.25) is 9.59 Å². The molecule has 1 atom stereocenters. The van der Waals surface area contributed by atoms with Gasteiger partial charge in [-0.1, -0.05) is 18.2 Å². The average molecular weight is 261 g/mol. The minimum atomic E-state index is -0.227. The molecule has 102 valence electrons. The van der Waals surface area contributed by atoms with Crippen molar-refractivity contribution in [1.29, 1.82) is 0 Å². The van der Waals surface area contributed by atoms with E-state index in [9.17, 15) is 9.59 Å². The molecule has 5 nitrogen and oxygen atoms in total. The molecule has 1 saturated heterocycles. The van der Waals surface area contributed by atoms with Crippen LogP contribution in [0, 0.1) is 0 Å². The summed E-state index contributed by atoms with van der Waals surface area (Å²) < 4.78 is 0. The third-order valence-electron chi connectivity index (χ3n) is 3.25. The quantitative estimate of drug-likeness (QED) is 0.825. The Morgan fingerprint density at radius 3 is 2.74 bits per heavy atom. The monoisotopic (exact) mass is 261 g/mol. The average Bonchev–Trinajstić information content (AvgIpc) is 2.45. The first-order valence-corrected chi connectivity index (χ1v) is 6.53. The van der Waals surface area contributed by atoms with E-state index in [1.807, 2.05) is 6.07 Å². The van der Waals surface area contributed by atoms with Crippen LogP contribution in [0.2, 0.25) is 0 Å². The molecule has 2 amide bonds. The Labute approximate surface area is 112 Å². The van der Waals surface area contributed by atoms with Gasteiger partial charge in [-0.25, -0.2) is 0 Å². The molecule has 2 rings (SSSR count). The summed E-state index contributed by atoms with van der Waals surface area (Å²) in [7, 11) is 0. The SMILES string of the molecule is NC1CCCN(C(=O)CNC(=O)c2ccccc2)C1. The van der Waals surface area contributed by atoms with Crippen molar-refractivity contribution in [2.24, 2.45) is 5.73 Å². The van der Waals surface area contributed by atoms with Gasteiger partial charge < -0.3 is 16.0 Å². The normalized spacial score (nSPS) is 19.0. The minimum absolute atomic E-state index is 0.0282. The first-order chi connectivity index (χ1) is 9.16. The molecule has 19 heavy (non-hydrogen) atoms. The summed E-state index contributed by atoms with van der Waals surface area (Å²) >= 11 is 0. The Balaban J connectivity index is 1.82. The second-order valence-corrected chi connectivity index (χ2v) is 4.79. The molecule has 0 aromatic heterocycles. The number of hydrogen-bond acceptors (Lipinski definition) is 3. The standard InChI is InChI=1S/C14H19N3O2/c15-12-7-4-8-17(10-12)13(18)9-16-14(19)11-5-2-1-3-6-11/h1-3,5-6,12H,4,7-10,15H2,(H,16,19). The van der Waals surface area contributed by atoms with Gasteiger partial charge in [0, 0.05) is 24.7 Å². The van der Waals surface area contributed by atoms with Crippen LogP contribution in [-0.4, -0.2) is 42.4 Å². The highest BCUT2D eigenvalue weighted by Crippen LogP contribution is 2.08. The van der Waals surface area contributed by atoms with E-state index in [-0.39, 0.29) is 24.4 Å². The number of nitrogens with zero attached hydrogens (tertiary/aromatic N) is 1. The van der Waals surface area contributed by atoms with Crippen LogP contribution in [0.5, 0.6) is 0 Å². The Bertz CT molecular complexity index is 447. The molecule has 1 aliphatic heterocycles. The zero-order chi connectivity index (χ0) is 13.7. The second kappa shape index (κ2) is 6.33. The number of piperidine rings is 1. The summed E-state index contributed by atoms with van der Waals surface area (Å²) in [5.74, 6) is -0.297. The lowest BCUT2D eigenvalue weighted by Crippen LogP contribution is -2.48. The highest BCUT2D eigenvalue weighted by molar-refractivity contribution is 5.96. The zero-order valence-electron chi connectivity index (χ0n) is 10.8. The molecule has 0 radical (unpaired) electrons. The molecule has 0 bridgehead atoms. The van der Waals surface area contributed by atoms with Crippen LogP contribution in [0.15, 0.2) is 30.3 Å². The van der Waals surface area contributed by atoms with E-state index < -0.39 is 0 Å². The van der Waals surface area contributed by atoms with Crippen LogP contribution in [0.3, 0.4) is 0 Å². The predicted octanol–water partition coefficient (Wildman–Crippen LogP) is 0.366. The Morgan fingerprint density at radius 1 is 1.32 bits per heavy atom. The molecule has 1 fully saturated rings. The predicted molar refractivity (Wildman–Crippen MR) is 72.6 cm³/mol. The van der Waals surface area contributed by atoms with Crippen molar-refractivity contribution < 1.29 is 9.59 Å². The van der Waals surface area contributed by atoms with Crippen LogP contribution in [0.25, 0.3) is 0 Å². The van der Waals surface area contributed by atoms with E-state index in [0.29, 0.717) is 12.1 Å². The molecule has 0 spiro atoms. The van der Waals surface area contributed by atoms with Gasteiger partial charge in [0.1, 0.15) is 0 Å². The number of hydrogen-bond donors (Lipinski definition) is 2. The van der Waals surface area contributed by atoms with Gasteiger partial charge in [-0.05, 0) is 25.0 Å². The van der Waals surface area contributed by atoms with E-state index in [1.165, 1.54) is 0 Å². The molecular formula is C14H19N3O2. The molecule has 1 unspecified atom stereocenters. The van der Waals surface area contributed by atoms with Crippen molar-refractivity contribution in [3.63, 3.8) is 0 Å².